The van der Waals surface area contributed by atoms with Crippen LogP contribution >= 0.6 is 22.7 Å². The Bertz CT molecular complexity index is 3410. The number of aromatic amines is 1. The van der Waals surface area contributed by atoms with Crippen molar-refractivity contribution in [2.45, 2.75) is 107 Å². The molecule has 560 valence electrons. The molecular formula is C46H70N36O19S2. The number of carboxylic acid groups (broad SMARTS) is 7. The first-order chi connectivity index (χ1) is 48.8. The van der Waals surface area contributed by atoms with Crippen LogP contribution in [0.4, 0.5) is 9.59 Å². The summed E-state index contributed by atoms with van der Waals surface area (Å²) in [7, 11) is 0. The number of urea groups is 1. The van der Waals surface area contributed by atoms with Gasteiger partial charge in [0.25, 0.3) is 0 Å². The number of carbonyl (C=O) groups is 9. The van der Waals surface area contributed by atoms with Gasteiger partial charge in [-0.05, 0) is 33.2 Å². The molecule has 0 unspecified atom stereocenters. The summed E-state index contributed by atoms with van der Waals surface area (Å²) in [5, 5.41) is 98.7. The Morgan fingerprint density at radius 3 is 1.52 bits per heavy atom. The summed E-state index contributed by atoms with van der Waals surface area (Å²) in [5.41, 5.74) is 92.4. The van der Waals surface area contributed by atoms with Crippen LogP contribution in [-0.4, -0.2) is 207 Å². The van der Waals surface area contributed by atoms with Gasteiger partial charge in [0.15, 0.2) is 11.8 Å². The van der Waals surface area contributed by atoms with Crippen LogP contribution < -0.4 is 61.8 Å². The van der Waals surface area contributed by atoms with Gasteiger partial charge in [-0.3, -0.25) is 33.6 Å². The first-order valence-corrected chi connectivity index (χ1v) is 29.7. The fourth-order valence-corrected chi connectivity index (χ4v) is 7.39. The highest BCUT2D eigenvalue weighted by atomic mass is 32.1. The van der Waals surface area contributed by atoms with Crippen LogP contribution in [0, 0.1) is 0 Å². The lowest BCUT2D eigenvalue weighted by molar-refractivity contribution is -0.139. The van der Waals surface area contributed by atoms with Gasteiger partial charge in [0.1, 0.15) is 54.3 Å². The number of aromatic nitrogens is 7. The molecule has 0 bridgehead atoms. The van der Waals surface area contributed by atoms with Crippen molar-refractivity contribution in [1.29, 1.82) is 0 Å². The zero-order chi connectivity index (χ0) is 78.2. The first-order valence-electron chi connectivity index (χ1n) is 28.0. The number of alkyl carbamates (subject to hydrolysis) is 1. The van der Waals surface area contributed by atoms with Gasteiger partial charge < -0.3 is 111 Å². The summed E-state index contributed by atoms with van der Waals surface area (Å²) >= 11 is 2.61. The highest BCUT2D eigenvalue weighted by Crippen LogP contribution is 2.16. The van der Waals surface area contributed by atoms with Crippen molar-refractivity contribution < 1.29 is 92.5 Å². The molecule has 57 heteroatoms. The maximum absolute atomic E-state index is 10.9. The molecule has 0 aliphatic carbocycles. The Morgan fingerprint density at radius 2 is 0.990 bits per heavy atom. The second-order valence-electron chi connectivity index (χ2n) is 18.6. The minimum atomic E-state index is -1.22. The third kappa shape index (κ3) is 46.2. The molecule has 0 aliphatic rings. The van der Waals surface area contributed by atoms with Crippen molar-refractivity contribution in [2.75, 3.05) is 39.3 Å². The summed E-state index contributed by atoms with van der Waals surface area (Å²) in [5.74, 6) is -7.01. The Labute approximate surface area is 583 Å². The number of hydrogen-bond donors (Lipinski definition) is 19. The number of rotatable bonds is 36. The summed E-state index contributed by atoms with van der Waals surface area (Å²) in [6, 6.07) is -7.79. The fourth-order valence-electron chi connectivity index (χ4n) is 5.64. The van der Waals surface area contributed by atoms with Gasteiger partial charge in [0, 0.05) is 97.9 Å². The van der Waals surface area contributed by atoms with E-state index in [1.54, 1.807) is 11.6 Å². The van der Waals surface area contributed by atoms with E-state index in [2.05, 4.69) is 116 Å². The smallest absolute Gasteiger partial charge is 0.407 e. The average Bonchev–Trinajstić information content (AvgIpc) is 1.79. The molecular weight excluding hydrogens is 1420 g/mol. The van der Waals surface area contributed by atoms with Crippen molar-refractivity contribution >= 4 is 76.6 Å². The van der Waals surface area contributed by atoms with Gasteiger partial charge in [0.2, 0.25) is 0 Å². The van der Waals surface area contributed by atoms with E-state index in [1.807, 2.05) is 0 Å². The van der Waals surface area contributed by atoms with Gasteiger partial charge in [-0.1, -0.05) is 30.7 Å². The van der Waals surface area contributed by atoms with Crippen LogP contribution in [0.25, 0.3) is 62.7 Å². The average molecular weight is 1500 g/mol. The van der Waals surface area contributed by atoms with E-state index >= 15 is 0 Å². The summed E-state index contributed by atoms with van der Waals surface area (Å²) in [6.45, 7) is 0.622. The van der Waals surface area contributed by atoms with Gasteiger partial charge >= 0.3 is 53.9 Å². The Kier molecular flexibility index (Phi) is 49.4. The number of amides is 3. The van der Waals surface area contributed by atoms with Gasteiger partial charge in [-0.2, -0.15) is 15.4 Å². The molecule has 7 atom stereocenters. The lowest BCUT2D eigenvalue weighted by Crippen LogP contribution is -2.46. The molecule has 5 aromatic heterocycles. The van der Waals surface area contributed by atoms with Gasteiger partial charge in [-0.15, -0.1) is 22.7 Å². The van der Waals surface area contributed by atoms with Crippen molar-refractivity contribution in [1.82, 2.24) is 51.3 Å². The molecule has 0 saturated heterocycles. The Morgan fingerprint density at radius 1 is 0.524 bits per heavy atom. The summed E-state index contributed by atoms with van der Waals surface area (Å²) < 4.78 is 14.5. The van der Waals surface area contributed by atoms with Crippen molar-refractivity contribution in [3.63, 3.8) is 0 Å². The minimum Gasteiger partial charge on any atom is -0.480 e. The van der Waals surface area contributed by atoms with E-state index in [0.717, 1.165) is 4.88 Å². The number of hydrogen-bond acceptors (Lipinski definition) is 34. The lowest BCUT2D eigenvalue weighted by atomic mass is 10.1. The summed E-state index contributed by atoms with van der Waals surface area (Å²) in [4.78, 5) is 126. The number of thiazole rings is 2. The fraction of sp³-hybridized carbons (Fsp3) is 0.500. The molecule has 27 N–H and O–H groups in total. The second kappa shape index (κ2) is 55.1. The maximum Gasteiger partial charge on any atom is 0.407 e. The lowest BCUT2D eigenvalue weighted by Gasteiger charge is -2.08. The maximum atomic E-state index is 10.9. The van der Waals surface area contributed by atoms with E-state index in [4.69, 9.17) is 124 Å². The molecule has 5 rings (SSSR count). The number of nitrogens with zero attached hydrogens (tertiary/aromatic N) is 24. The number of azide groups is 6. The zero-order valence-corrected chi connectivity index (χ0v) is 55.0. The van der Waals surface area contributed by atoms with E-state index < -0.39 is 96.2 Å². The molecule has 0 spiro atoms. The van der Waals surface area contributed by atoms with E-state index in [-0.39, 0.29) is 116 Å². The molecule has 5 heterocycles. The molecule has 3 amide bonds. The van der Waals surface area contributed by atoms with Crippen LogP contribution in [0.1, 0.15) is 55.2 Å². The standard InChI is InChI=1S/2C7H9N5O3.2C7H9N5O2S.C6H12N6O3.C6H11N5O4.C6H11N5O2/c8-5(7(13)14)1-6-11-4(3-15-6)2-10-12-9;8-5(7(13)14)1-6-10-2-4(15-6)3-11-12-9;8-5(7(13)14)1-6-11-4(3-15-6)2-10-12-9;8-5(7(13)14)1-6-10-2-4(15-6)3-11-12-9;7-4(5(13)14)3-10-6(15)9-1-2-11-12-8;7-4(5(12)13)3-9-6(14)15-2-1-10-11-8;7-2-5-4(9-11-10-5)1-3(8)6(12)13/h3,5H,1-2,8H2,(H,13,14);2,5H,1,3,8H2,(H,13,14);3,5H,1-2,8H2,(H,13,14);2,5H,1,3,8H2,(H,13,14);4H,1-3,7H2,(H,13,14)(H2,9,10,15);4H,1-3,7H2,(H,9,14)(H,12,13);3H,1-2,7-8H2,(H,12,13)(H,9,10,11)/t4*5-;2*4-;3-/m0000000/s1. The first kappa shape index (κ1) is 92.2. The molecule has 0 radical (unpaired) electrons. The van der Waals surface area contributed by atoms with Crippen LogP contribution in [0.3, 0.4) is 0 Å². The van der Waals surface area contributed by atoms with Gasteiger partial charge in [0.05, 0.1) is 91.2 Å². The zero-order valence-electron chi connectivity index (χ0n) is 53.4. The number of H-pyrrole nitrogens is 1. The summed E-state index contributed by atoms with van der Waals surface area (Å²) in [6.07, 6.45) is 3.96. The Balaban J connectivity index is 0. The number of carboxylic acids is 7. The van der Waals surface area contributed by atoms with Crippen LogP contribution in [0.2, 0.25) is 0 Å². The quantitative estimate of drug-likeness (QED) is 0.0103. The number of nitrogens with two attached hydrogens (primary N) is 8. The monoisotopic (exact) mass is 1490 g/mol. The van der Waals surface area contributed by atoms with Crippen molar-refractivity contribution in [3.05, 3.63) is 142 Å². The van der Waals surface area contributed by atoms with E-state index in [1.165, 1.54) is 35.1 Å². The number of ether oxygens (including phenoxy) is 1. The molecule has 0 aliphatic heterocycles. The van der Waals surface area contributed by atoms with Gasteiger partial charge in [-0.25, -0.2) is 29.5 Å². The third-order valence-electron chi connectivity index (χ3n) is 10.7. The topological polar surface area (TPSA) is 961 Å². The largest absolute Gasteiger partial charge is 0.480 e. The molecule has 55 nitrogen and oxygen atoms in total. The number of nitrogens with one attached hydrogen (secondary N) is 4. The SMILES string of the molecule is NCc1n[nH]nc1C[C@H](N)C(=O)O.[N-]=[N+]=NCCNC(=O)NC[C@H](N)C(=O)O.[N-]=[N+]=NCCOC(=O)NC[C@H](N)C(=O)O.[N-]=[N+]=NCc1cnc(C[C@H](N)C(=O)O)o1.[N-]=[N+]=NCc1cnc(C[C@H](N)C(=O)O)s1.[N-]=[N+]=NCc1coc(C[C@H](N)C(=O)O)n1.[N-]=[N+]=NCc1csc(C[C@H](N)C(=O)O)n1. The number of oxazole rings is 2. The molecule has 0 aromatic carbocycles. The van der Waals surface area contributed by atoms with Crippen LogP contribution in [0.5, 0.6) is 0 Å². The Hall–Kier alpha value is -12.8. The number of carbonyl (C=O) groups excluding carboxylic acids is 2. The predicted molar refractivity (Wildman–Crippen MR) is 349 cm³/mol. The normalized spacial score (nSPS) is 11.7. The van der Waals surface area contributed by atoms with Crippen LogP contribution in [0.15, 0.2) is 63.6 Å². The minimum absolute atomic E-state index is 0.00556. The van der Waals surface area contributed by atoms with Crippen molar-refractivity contribution in [2.24, 2.45) is 76.6 Å². The van der Waals surface area contributed by atoms with E-state index in [0.29, 0.717) is 38.6 Å². The third-order valence-corrected chi connectivity index (χ3v) is 12.6. The highest BCUT2D eigenvalue weighted by Gasteiger charge is 2.20. The highest BCUT2D eigenvalue weighted by molar-refractivity contribution is 7.11. The molecule has 103 heavy (non-hydrogen) atoms. The predicted octanol–water partition coefficient (Wildman–Crippen LogP) is -0.645. The molecule has 5 aromatic rings. The molecule has 0 saturated carbocycles. The number of aliphatic carboxylic acids is 7. The second-order valence-corrected chi connectivity index (χ2v) is 20.7. The molecule has 0 fully saturated rings. The van der Waals surface area contributed by atoms with E-state index in [9.17, 15) is 43.2 Å². The van der Waals surface area contributed by atoms with Crippen LogP contribution in [-0.2, 0) is 103 Å². The van der Waals surface area contributed by atoms with Crippen molar-refractivity contribution in [3.8, 4) is 0 Å².